The molecule has 2 N–H and O–H groups in total. The first-order valence-electron chi connectivity index (χ1n) is 5.03. The van der Waals surface area contributed by atoms with Crippen molar-refractivity contribution >= 4 is 10.9 Å². The largest absolute Gasteiger partial charge is 0.506 e. The fourth-order valence-corrected chi connectivity index (χ4v) is 1.71. The van der Waals surface area contributed by atoms with E-state index in [2.05, 4.69) is 4.98 Å². The van der Waals surface area contributed by atoms with Crippen molar-refractivity contribution < 1.29 is 14.6 Å². The molecular formula is C12H10N2O4. The van der Waals surface area contributed by atoms with Crippen LogP contribution in [0.1, 0.15) is 5.56 Å². The summed E-state index contributed by atoms with van der Waals surface area (Å²) in [5, 5.41) is 19.0. The molecule has 0 fully saturated rings. The summed E-state index contributed by atoms with van der Waals surface area (Å²) in [6, 6.07) is 4.68. The van der Waals surface area contributed by atoms with Crippen LogP contribution in [0.4, 0.5) is 0 Å². The van der Waals surface area contributed by atoms with Crippen LogP contribution in [-0.2, 0) is 0 Å². The number of fused-ring (bicyclic) bond motifs is 1. The predicted molar refractivity (Wildman–Crippen MR) is 64.1 cm³/mol. The fraction of sp³-hybridized carbons (Fsp3) is 0.167. The normalized spacial score (nSPS) is 10.1. The van der Waals surface area contributed by atoms with Crippen molar-refractivity contribution in [1.29, 1.82) is 5.26 Å². The van der Waals surface area contributed by atoms with Crippen molar-refractivity contribution in [2.24, 2.45) is 0 Å². The van der Waals surface area contributed by atoms with Gasteiger partial charge in [-0.2, -0.15) is 5.26 Å². The minimum Gasteiger partial charge on any atom is -0.506 e. The number of ether oxygens (including phenoxy) is 2. The molecule has 0 aliphatic carbocycles. The maximum absolute atomic E-state index is 11.5. The van der Waals surface area contributed by atoms with Crippen molar-refractivity contribution in [3.8, 4) is 23.3 Å². The van der Waals surface area contributed by atoms with Gasteiger partial charge >= 0.3 is 0 Å². The third-order valence-corrected chi connectivity index (χ3v) is 2.60. The highest BCUT2D eigenvalue weighted by Gasteiger charge is 2.14. The van der Waals surface area contributed by atoms with Gasteiger partial charge in [0.2, 0.25) is 0 Å². The van der Waals surface area contributed by atoms with Gasteiger partial charge in [0.05, 0.1) is 19.7 Å². The molecule has 0 atom stereocenters. The zero-order valence-electron chi connectivity index (χ0n) is 9.77. The van der Waals surface area contributed by atoms with Gasteiger partial charge in [-0.3, -0.25) is 4.79 Å². The summed E-state index contributed by atoms with van der Waals surface area (Å²) in [5.74, 6) is 0.457. The van der Waals surface area contributed by atoms with Crippen molar-refractivity contribution in [3.05, 3.63) is 28.0 Å². The number of hydrogen-bond acceptors (Lipinski definition) is 5. The van der Waals surface area contributed by atoms with Crippen LogP contribution < -0.4 is 15.0 Å². The molecule has 0 amide bonds. The van der Waals surface area contributed by atoms with E-state index in [0.29, 0.717) is 22.4 Å². The Morgan fingerprint density at radius 1 is 1.28 bits per heavy atom. The molecule has 1 heterocycles. The summed E-state index contributed by atoms with van der Waals surface area (Å²) < 4.78 is 10.2. The summed E-state index contributed by atoms with van der Waals surface area (Å²) in [6.07, 6.45) is 0. The number of nitrogens with one attached hydrogen (secondary N) is 1. The Bertz CT molecular complexity index is 713. The molecule has 0 aliphatic heterocycles. The molecular weight excluding hydrogens is 236 g/mol. The van der Waals surface area contributed by atoms with Gasteiger partial charge in [0, 0.05) is 11.5 Å². The van der Waals surface area contributed by atoms with Gasteiger partial charge in [0.1, 0.15) is 11.8 Å². The van der Waals surface area contributed by atoms with Crippen molar-refractivity contribution in [2.45, 2.75) is 0 Å². The number of benzene rings is 1. The van der Waals surface area contributed by atoms with Crippen LogP contribution in [0.15, 0.2) is 16.9 Å². The van der Waals surface area contributed by atoms with Gasteiger partial charge in [-0.1, -0.05) is 0 Å². The second-order valence-corrected chi connectivity index (χ2v) is 3.54. The van der Waals surface area contributed by atoms with Crippen LogP contribution in [0.3, 0.4) is 0 Å². The molecule has 92 valence electrons. The van der Waals surface area contributed by atoms with Gasteiger partial charge < -0.3 is 19.6 Å². The van der Waals surface area contributed by atoms with E-state index in [4.69, 9.17) is 14.7 Å². The van der Waals surface area contributed by atoms with Crippen LogP contribution in [0.5, 0.6) is 17.2 Å². The van der Waals surface area contributed by atoms with Crippen LogP contribution in [0.2, 0.25) is 0 Å². The van der Waals surface area contributed by atoms with Crippen molar-refractivity contribution in [3.63, 3.8) is 0 Å². The molecule has 1 aromatic heterocycles. The van der Waals surface area contributed by atoms with Crippen LogP contribution in [-0.4, -0.2) is 24.3 Å². The lowest BCUT2D eigenvalue weighted by molar-refractivity contribution is 0.355. The lowest BCUT2D eigenvalue weighted by atomic mass is 10.1. The van der Waals surface area contributed by atoms with E-state index in [1.165, 1.54) is 26.4 Å². The SMILES string of the molecule is COc1cc2[nH]c(=O)c(C#N)c(O)c2cc1OC. The van der Waals surface area contributed by atoms with Gasteiger partial charge in [-0.05, 0) is 6.07 Å². The molecule has 0 saturated heterocycles. The molecule has 1 aromatic carbocycles. The summed E-state index contributed by atoms with van der Waals surface area (Å²) in [6.45, 7) is 0. The maximum atomic E-state index is 11.5. The summed E-state index contributed by atoms with van der Waals surface area (Å²) in [5.41, 5.74) is -0.599. The Labute approximate surface area is 102 Å². The molecule has 18 heavy (non-hydrogen) atoms. The Morgan fingerprint density at radius 3 is 2.44 bits per heavy atom. The lowest BCUT2D eigenvalue weighted by Gasteiger charge is -2.10. The quantitative estimate of drug-likeness (QED) is 0.827. The van der Waals surface area contributed by atoms with Gasteiger partial charge in [0.15, 0.2) is 17.1 Å². The number of nitrogens with zero attached hydrogens (tertiary/aromatic N) is 1. The molecule has 0 spiro atoms. The first-order chi connectivity index (χ1) is 8.62. The number of methoxy groups -OCH3 is 2. The second-order valence-electron chi connectivity index (χ2n) is 3.54. The number of H-pyrrole nitrogens is 1. The number of aromatic hydroxyl groups is 1. The van der Waals surface area contributed by atoms with Crippen molar-refractivity contribution in [2.75, 3.05) is 14.2 Å². The number of aromatic nitrogens is 1. The third-order valence-electron chi connectivity index (χ3n) is 2.60. The molecule has 0 bridgehead atoms. The van der Waals surface area contributed by atoms with E-state index < -0.39 is 5.56 Å². The second kappa shape index (κ2) is 4.30. The molecule has 0 aliphatic rings. The van der Waals surface area contributed by atoms with Crippen LogP contribution in [0, 0.1) is 11.3 Å². The number of hydrogen-bond donors (Lipinski definition) is 2. The number of pyridine rings is 1. The minimum absolute atomic E-state index is 0.323. The zero-order valence-corrected chi connectivity index (χ0v) is 9.77. The molecule has 6 heteroatoms. The molecule has 6 nitrogen and oxygen atoms in total. The predicted octanol–water partition coefficient (Wildman–Crippen LogP) is 1.12. The Hall–Kier alpha value is -2.68. The molecule has 2 aromatic rings. The summed E-state index contributed by atoms with van der Waals surface area (Å²) in [4.78, 5) is 14.0. The monoisotopic (exact) mass is 246 g/mol. The van der Waals surface area contributed by atoms with E-state index in [1.807, 2.05) is 0 Å². The summed E-state index contributed by atoms with van der Waals surface area (Å²) in [7, 11) is 2.92. The van der Waals surface area contributed by atoms with Gasteiger partial charge in [-0.15, -0.1) is 0 Å². The first kappa shape index (κ1) is 11.8. The van der Waals surface area contributed by atoms with E-state index in [0.717, 1.165) is 0 Å². The topological polar surface area (TPSA) is 95.3 Å². The zero-order chi connectivity index (χ0) is 13.3. The minimum atomic E-state index is -0.644. The highest BCUT2D eigenvalue weighted by Crippen LogP contribution is 2.35. The van der Waals surface area contributed by atoms with Crippen molar-refractivity contribution in [1.82, 2.24) is 4.98 Å². The number of aromatic amines is 1. The average Bonchev–Trinajstić information content (AvgIpc) is 2.37. The molecule has 0 radical (unpaired) electrons. The number of nitriles is 1. The van der Waals surface area contributed by atoms with Gasteiger partial charge in [0.25, 0.3) is 5.56 Å². The Kier molecular flexibility index (Phi) is 2.81. The highest BCUT2D eigenvalue weighted by molar-refractivity contribution is 5.89. The van der Waals surface area contributed by atoms with Crippen LogP contribution in [0.25, 0.3) is 10.9 Å². The van der Waals surface area contributed by atoms with E-state index >= 15 is 0 Å². The fourth-order valence-electron chi connectivity index (χ4n) is 1.71. The number of rotatable bonds is 2. The molecule has 0 unspecified atom stereocenters. The summed E-state index contributed by atoms with van der Waals surface area (Å²) >= 11 is 0. The Balaban J connectivity index is 2.91. The third kappa shape index (κ3) is 1.62. The average molecular weight is 246 g/mol. The Morgan fingerprint density at radius 2 is 1.89 bits per heavy atom. The maximum Gasteiger partial charge on any atom is 0.270 e. The van der Waals surface area contributed by atoms with E-state index in [-0.39, 0.29) is 11.3 Å². The van der Waals surface area contributed by atoms with E-state index in [1.54, 1.807) is 6.07 Å². The van der Waals surface area contributed by atoms with Gasteiger partial charge in [-0.25, -0.2) is 0 Å². The lowest BCUT2D eigenvalue weighted by Crippen LogP contribution is -2.10. The molecule has 2 rings (SSSR count). The first-order valence-corrected chi connectivity index (χ1v) is 5.03. The van der Waals surface area contributed by atoms with E-state index in [9.17, 15) is 9.90 Å². The standard InChI is InChI=1S/C12H10N2O4/c1-17-9-3-6-8(4-10(9)18-2)14-12(16)7(5-13)11(6)15/h3-4H,1-2H3,(H2,14,15,16). The smallest absolute Gasteiger partial charge is 0.270 e. The molecule has 0 saturated carbocycles. The van der Waals surface area contributed by atoms with Crippen LogP contribution >= 0.6 is 0 Å². The highest BCUT2D eigenvalue weighted by atomic mass is 16.5.